The van der Waals surface area contributed by atoms with Crippen molar-refractivity contribution in [3.05, 3.63) is 47.9 Å². The number of unbranched alkanes of at least 4 members (excludes halogenated alkanes) is 2. The van der Waals surface area contributed by atoms with Crippen molar-refractivity contribution in [2.24, 2.45) is 0 Å². The van der Waals surface area contributed by atoms with Gasteiger partial charge in [-0.2, -0.15) is 0 Å². The Labute approximate surface area is 122 Å². The highest BCUT2D eigenvalue weighted by Crippen LogP contribution is 2.20. The standard InChI is InChI=1S/C18H24N2/c1-3-5-8-15-11-12-18(16-9-7-13-19-14-16)20-17(15)10-6-4-2/h7,9,11-14H,3-6,8,10H2,1-2H3. The van der Waals surface area contributed by atoms with E-state index in [9.17, 15) is 0 Å². The number of pyridine rings is 2. The van der Waals surface area contributed by atoms with E-state index in [-0.39, 0.29) is 0 Å². The Hall–Kier alpha value is -1.70. The van der Waals surface area contributed by atoms with Crippen LogP contribution in [0.15, 0.2) is 36.7 Å². The molecule has 0 saturated carbocycles. The van der Waals surface area contributed by atoms with Gasteiger partial charge in [-0.15, -0.1) is 0 Å². The highest BCUT2D eigenvalue weighted by atomic mass is 14.7. The molecular formula is C18H24N2. The molecule has 0 atom stereocenters. The summed E-state index contributed by atoms with van der Waals surface area (Å²) in [5.74, 6) is 0. The van der Waals surface area contributed by atoms with Crippen LogP contribution in [0.25, 0.3) is 11.3 Å². The summed E-state index contributed by atoms with van der Waals surface area (Å²) in [5, 5.41) is 0. The van der Waals surface area contributed by atoms with Crippen LogP contribution in [0.3, 0.4) is 0 Å². The van der Waals surface area contributed by atoms with Crippen molar-refractivity contribution in [3.63, 3.8) is 0 Å². The fourth-order valence-electron chi connectivity index (χ4n) is 2.36. The topological polar surface area (TPSA) is 25.8 Å². The number of hydrogen-bond acceptors (Lipinski definition) is 2. The van der Waals surface area contributed by atoms with Crippen LogP contribution >= 0.6 is 0 Å². The second-order valence-corrected chi connectivity index (χ2v) is 5.25. The molecule has 0 fully saturated rings. The summed E-state index contributed by atoms with van der Waals surface area (Å²) < 4.78 is 0. The first-order valence-electron chi connectivity index (χ1n) is 7.74. The highest BCUT2D eigenvalue weighted by molar-refractivity contribution is 5.58. The molecule has 0 aromatic carbocycles. The van der Waals surface area contributed by atoms with E-state index >= 15 is 0 Å². The predicted molar refractivity (Wildman–Crippen MR) is 84.7 cm³/mol. The lowest BCUT2D eigenvalue weighted by Crippen LogP contribution is -2.00. The Bertz CT molecular complexity index is 520. The van der Waals surface area contributed by atoms with E-state index in [0.717, 1.165) is 24.1 Å². The van der Waals surface area contributed by atoms with Crippen LogP contribution in [-0.2, 0) is 12.8 Å². The maximum atomic E-state index is 4.89. The first-order valence-corrected chi connectivity index (χ1v) is 7.74. The molecule has 2 aromatic rings. The van der Waals surface area contributed by atoms with E-state index in [1.165, 1.54) is 36.9 Å². The van der Waals surface area contributed by atoms with E-state index in [2.05, 4.69) is 37.0 Å². The highest BCUT2D eigenvalue weighted by Gasteiger charge is 2.07. The van der Waals surface area contributed by atoms with Crippen molar-refractivity contribution in [2.45, 2.75) is 52.4 Å². The van der Waals surface area contributed by atoms with Crippen LogP contribution in [0.2, 0.25) is 0 Å². The fourth-order valence-corrected chi connectivity index (χ4v) is 2.36. The molecule has 20 heavy (non-hydrogen) atoms. The SMILES string of the molecule is CCCCc1ccc(-c2cccnc2)nc1CCCC. The van der Waals surface area contributed by atoms with E-state index in [1.54, 1.807) is 6.20 Å². The first kappa shape index (κ1) is 14.7. The number of nitrogens with zero attached hydrogens (tertiary/aromatic N) is 2. The normalized spacial score (nSPS) is 10.7. The third kappa shape index (κ3) is 3.89. The molecule has 0 aliphatic heterocycles. The second kappa shape index (κ2) is 7.78. The quantitative estimate of drug-likeness (QED) is 0.719. The zero-order valence-electron chi connectivity index (χ0n) is 12.6. The summed E-state index contributed by atoms with van der Waals surface area (Å²) >= 11 is 0. The van der Waals surface area contributed by atoms with Gasteiger partial charge in [0.05, 0.1) is 5.69 Å². The average Bonchev–Trinajstić information content (AvgIpc) is 2.52. The lowest BCUT2D eigenvalue weighted by molar-refractivity contribution is 0.741. The smallest absolute Gasteiger partial charge is 0.0720 e. The molecule has 2 heterocycles. The van der Waals surface area contributed by atoms with Gasteiger partial charge in [0.2, 0.25) is 0 Å². The van der Waals surface area contributed by atoms with E-state index < -0.39 is 0 Å². The third-order valence-corrected chi connectivity index (χ3v) is 3.59. The van der Waals surface area contributed by atoms with Crippen molar-refractivity contribution < 1.29 is 0 Å². The minimum absolute atomic E-state index is 1.05. The number of rotatable bonds is 7. The van der Waals surface area contributed by atoms with Crippen molar-refractivity contribution in [3.8, 4) is 11.3 Å². The lowest BCUT2D eigenvalue weighted by atomic mass is 10.0. The third-order valence-electron chi connectivity index (χ3n) is 3.59. The van der Waals surface area contributed by atoms with Gasteiger partial charge in [-0.25, -0.2) is 0 Å². The maximum Gasteiger partial charge on any atom is 0.0720 e. The predicted octanol–water partition coefficient (Wildman–Crippen LogP) is 4.83. The van der Waals surface area contributed by atoms with Crippen LogP contribution in [0.5, 0.6) is 0 Å². The molecule has 0 aliphatic rings. The van der Waals surface area contributed by atoms with Gasteiger partial charge in [-0.3, -0.25) is 9.97 Å². The molecule has 2 nitrogen and oxygen atoms in total. The molecule has 0 aliphatic carbocycles. The van der Waals surface area contributed by atoms with Gasteiger partial charge in [0.15, 0.2) is 0 Å². The van der Waals surface area contributed by atoms with Gasteiger partial charge in [0.25, 0.3) is 0 Å². The molecule has 0 unspecified atom stereocenters. The summed E-state index contributed by atoms with van der Waals surface area (Å²) in [6, 6.07) is 8.44. The average molecular weight is 268 g/mol. The van der Waals surface area contributed by atoms with Gasteiger partial charge < -0.3 is 0 Å². The van der Waals surface area contributed by atoms with Crippen LogP contribution in [0.1, 0.15) is 50.8 Å². The molecule has 2 aromatic heterocycles. The summed E-state index contributed by atoms with van der Waals surface area (Å²) in [6.07, 6.45) is 10.8. The molecule has 0 amide bonds. The Morgan fingerprint density at radius 2 is 1.75 bits per heavy atom. The van der Waals surface area contributed by atoms with E-state index in [4.69, 9.17) is 4.98 Å². The fraction of sp³-hybridized carbons (Fsp3) is 0.444. The molecule has 106 valence electrons. The lowest BCUT2D eigenvalue weighted by Gasteiger charge is -2.10. The van der Waals surface area contributed by atoms with Crippen LogP contribution in [-0.4, -0.2) is 9.97 Å². The molecule has 2 rings (SSSR count). The zero-order valence-corrected chi connectivity index (χ0v) is 12.6. The molecule has 0 radical (unpaired) electrons. The van der Waals surface area contributed by atoms with Crippen LogP contribution in [0, 0.1) is 0 Å². The van der Waals surface area contributed by atoms with Crippen molar-refractivity contribution in [2.75, 3.05) is 0 Å². The summed E-state index contributed by atoms with van der Waals surface area (Å²) in [6.45, 7) is 4.47. The second-order valence-electron chi connectivity index (χ2n) is 5.25. The van der Waals surface area contributed by atoms with Crippen molar-refractivity contribution in [1.29, 1.82) is 0 Å². The monoisotopic (exact) mass is 268 g/mol. The number of hydrogen-bond donors (Lipinski definition) is 0. The van der Waals surface area contributed by atoms with Crippen molar-refractivity contribution >= 4 is 0 Å². The van der Waals surface area contributed by atoms with Gasteiger partial charge in [-0.05, 0) is 49.4 Å². The largest absolute Gasteiger partial charge is 0.264 e. The number of aromatic nitrogens is 2. The van der Waals surface area contributed by atoms with Gasteiger partial charge in [0, 0.05) is 23.7 Å². The van der Waals surface area contributed by atoms with Crippen LogP contribution < -0.4 is 0 Å². The van der Waals surface area contributed by atoms with Gasteiger partial charge in [0.1, 0.15) is 0 Å². The first-order chi connectivity index (χ1) is 9.85. The van der Waals surface area contributed by atoms with Gasteiger partial charge >= 0.3 is 0 Å². The summed E-state index contributed by atoms with van der Waals surface area (Å²) in [4.78, 5) is 9.08. The molecule has 0 saturated heterocycles. The Morgan fingerprint density at radius 3 is 2.45 bits per heavy atom. The molecular weight excluding hydrogens is 244 g/mol. The molecule has 0 N–H and O–H groups in total. The van der Waals surface area contributed by atoms with E-state index in [1.807, 2.05) is 12.3 Å². The zero-order chi connectivity index (χ0) is 14.2. The van der Waals surface area contributed by atoms with Crippen LogP contribution in [0.4, 0.5) is 0 Å². The number of aryl methyl sites for hydroxylation is 2. The summed E-state index contributed by atoms with van der Waals surface area (Å²) in [5.41, 5.74) is 4.85. The minimum atomic E-state index is 1.05. The molecule has 2 heteroatoms. The molecule has 0 bridgehead atoms. The molecule has 0 spiro atoms. The Morgan fingerprint density at radius 1 is 0.950 bits per heavy atom. The van der Waals surface area contributed by atoms with Crippen molar-refractivity contribution in [1.82, 2.24) is 9.97 Å². The Balaban J connectivity index is 2.27. The maximum absolute atomic E-state index is 4.89. The summed E-state index contributed by atoms with van der Waals surface area (Å²) in [7, 11) is 0. The Kier molecular flexibility index (Phi) is 5.72. The van der Waals surface area contributed by atoms with Gasteiger partial charge in [-0.1, -0.05) is 32.8 Å². The van der Waals surface area contributed by atoms with E-state index in [0.29, 0.717) is 0 Å². The minimum Gasteiger partial charge on any atom is -0.264 e.